The summed E-state index contributed by atoms with van der Waals surface area (Å²) < 4.78 is 1.04. The van der Waals surface area contributed by atoms with Gasteiger partial charge in [0.2, 0.25) is 0 Å². The molecule has 0 aliphatic carbocycles. The van der Waals surface area contributed by atoms with Crippen molar-refractivity contribution in [2.75, 3.05) is 11.9 Å². The predicted molar refractivity (Wildman–Crippen MR) is 85.3 cm³/mol. The molecule has 1 heterocycles. The Morgan fingerprint density at radius 2 is 2.20 bits per heavy atom. The van der Waals surface area contributed by atoms with E-state index in [-0.39, 0.29) is 11.9 Å². The molecule has 0 saturated carbocycles. The lowest BCUT2D eigenvalue weighted by Crippen LogP contribution is -2.33. The van der Waals surface area contributed by atoms with Gasteiger partial charge in [0, 0.05) is 41.0 Å². The first kappa shape index (κ1) is 14.6. The molecule has 1 atom stereocenters. The highest BCUT2D eigenvalue weighted by molar-refractivity contribution is 9.10. The maximum absolute atomic E-state index is 8.67. The molecule has 0 radical (unpaired) electrons. The van der Waals surface area contributed by atoms with Crippen LogP contribution in [-0.2, 0) is 0 Å². The monoisotopic (exact) mass is 336 g/mol. The van der Waals surface area contributed by atoms with Crippen LogP contribution in [0, 0.1) is 0 Å². The number of benzene rings is 1. The SMILES string of the molecule is CC(C/C(N)=N/O)N(C)c1nccc2c(Br)cccc12. The van der Waals surface area contributed by atoms with Gasteiger partial charge in [0.15, 0.2) is 0 Å². The minimum absolute atomic E-state index is 0.0722. The fourth-order valence-electron chi connectivity index (χ4n) is 2.12. The molecule has 1 aromatic heterocycles. The van der Waals surface area contributed by atoms with Crippen molar-refractivity contribution in [3.63, 3.8) is 0 Å². The summed E-state index contributed by atoms with van der Waals surface area (Å²) in [6, 6.07) is 8.08. The Morgan fingerprint density at radius 1 is 1.45 bits per heavy atom. The Balaban J connectivity index is 2.40. The van der Waals surface area contributed by atoms with Gasteiger partial charge in [0.25, 0.3) is 0 Å². The molecule has 2 aromatic rings. The van der Waals surface area contributed by atoms with Gasteiger partial charge in [-0.2, -0.15) is 0 Å². The van der Waals surface area contributed by atoms with E-state index in [1.54, 1.807) is 6.20 Å². The van der Waals surface area contributed by atoms with Crippen LogP contribution in [0.3, 0.4) is 0 Å². The Morgan fingerprint density at radius 3 is 2.90 bits per heavy atom. The second-order valence-corrected chi connectivity index (χ2v) is 5.58. The Hall–Kier alpha value is -1.82. The number of hydrogen-bond donors (Lipinski definition) is 2. The highest BCUT2D eigenvalue weighted by Crippen LogP contribution is 2.30. The molecule has 0 spiro atoms. The largest absolute Gasteiger partial charge is 0.409 e. The van der Waals surface area contributed by atoms with Crippen LogP contribution in [-0.4, -0.2) is 29.1 Å². The van der Waals surface area contributed by atoms with Crippen LogP contribution in [0.25, 0.3) is 10.8 Å². The number of hydrogen-bond acceptors (Lipinski definition) is 4. The van der Waals surface area contributed by atoms with E-state index in [1.807, 2.05) is 43.1 Å². The minimum Gasteiger partial charge on any atom is -0.409 e. The molecular weight excluding hydrogens is 320 g/mol. The van der Waals surface area contributed by atoms with Crippen LogP contribution in [0.15, 0.2) is 40.1 Å². The van der Waals surface area contributed by atoms with Gasteiger partial charge in [-0.3, -0.25) is 0 Å². The van der Waals surface area contributed by atoms with Crippen LogP contribution < -0.4 is 10.6 Å². The molecule has 5 nitrogen and oxygen atoms in total. The van der Waals surface area contributed by atoms with Gasteiger partial charge in [0.05, 0.1) is 0 Å². The molecule has 0 bridgehead atoms. The zero-order valence-corrected chi connectivity index (χ0v) is 13.0. The molecule has 0 amide bonds. The molecule has 0 aliphatic rings. The number of aromatic nitrogens is 1. The molecule has 2 rings (SSSR count). The molecular formula is C14H17BrN4O. The summed E-state index contributed by atoms with van der Waals surface area (Å²) in [5.41, 5.74) is 5.57. The summed E-state index contributed by atoms with van der Waals surface area (Å²) in [5, 5.41) is 13.9. The summed E-state index contributed by atoms with van der Waals surface area (Å²) >= 11 is 3.55. The van der Waals surface area contributed by atoms with E-state index < -0.39 is 0 Å². The van der Waals surface area contributed by atoms with Crippen LogP contribution >= 0.6 is 15.9 Å². The normalized spacial score (nSPS) is 13.4. The maximum Gasteiger partial charge on any atom is 0.141 e. The van der Waals surface area contributed by atoms with Gasteiger partial charge in [-0.05, 0) is 19.1 Å². The first-order valence-corrected chi connectivity index (χ1v) is 7.06. The number of amidine groups is 1. The second-order valence-electron chi connectivity index (χ2n) is 4.72. The van der Waals surface area contributed by atoms with Crippen molar-refractivity contribution in [1.82, 2.24) is 4.98 Å². The lowest BCUT2D eigenvalue weighted by Gasteiger charge is -2.26. The number of nitrogens with zero attached hydrogens (tertiary/aromatic N) is 3. The number of halogens is 1. The van der Waals surface area contributed by atoms with Crippen molar-refractivity contribution in [1.29, 1.82) is 0 Å². The van der Waals surface area contributed by atoms with Crippen molar-refractivity contribution in [3.8, 4) is 0 Å². The van der Waals surface area contributed by atoms with Crippen molar-refractivity contribution >= 4 is 38.4 Å². The maximum atomic E-state index is 8.67. The van der Waals surface area contributed by atoms with Gasteiger partial charge >= 0.3 is 0 Å². The Bertz CT molecular complexity index is 644. The van der Waals surface area contributed by atoms with E-state index in [0.29, 0.717) is 6.42 Å². The van der Waals surface area contributed by atoms with Crippen molar-refractivity contribution in [3.05, 3.63) is 34.9 Å². The highest BCUT2D eigenvalue weighted by Gasteiger charge is 2.16. The Kier molecular flexibility index (Phi) is 4.44. The molecule has 20 heavy (non-hydrogen) atoms. The topological polar surface area (TPSA) is 74.7 Å². The smallest absolute Gasteiger partial charge is 0.141 e. The van der Waals surface area contributed by atoms with E-state index in [9.17, 15) is 0 Å². The van der Waals surface area contributed by atoms with Gasteiger partial charge in [-0.15, -0.1) is 0 Å². The molecule has 0 aliphatic heterocycles. The third-order valence-corrected chi connectivity index (χ3v) is 4.05. The lowest BCUT2D eigenvalue weighted by atomic mass is 10.1. The van der Waals surface area contributed by atoms with Crippen LogP contribution in [0.1, 0.15) is 13.3 Å². The standard InChI is InChI=1S/C14H17BrN4O/c1-9(8-13(16)18-20)19(2)14-11-4-3-5-12(15)10(11)6-7-17-14/h3-7,9,20H,8H2,1-2H3,(H2,16,18). The number of anilines is 1. The van der Waals surface area contributed by atoms with Gasteiger partial charge in [0.1, 0.15) is 11.7 Å². The quantitative estimate of drug-likeness (QED) is 0.389. The highest BCUT2D eigenvalue weighted by atomic mass is 79.9. The Labute approximate surface area is 126 Å². The summed E-state index contributed by atoms with van der Waals surface area (Å²) in [5.74, 6) is 1.09. The van der Waals surface area contributed by atoms with Crippen LogP contribution in [0.4, 0.5) is 5.82 Å². The van der Waals surface area contributed by atoms with Crippen LogP contribution in [0.5, 0.6) is 0 Å². The first-order chi connectivity index (χ1) is 9.54. The first-order valence-electron chi connectivity index (χ1n) is 6.27. The number of nitrogens with two attached hydrogens (primary N) is 1. The van der Waals surface area contributed by atoms with Gasteiger partial charge in [-0.25, -0.2) is 4.98 Å². The third kappa shape index (κ3) is 2.85. The van der Waals surface area contributed by atoms with Gasteiger partial charge in [-0.1, -0.05) is 33.2 Å². The molecule has 6 heteroatoms. The van der Waals surface area contributed by atoms with Crippen LogP contribution in [0.2, 0.25) is 0 Å². The third-order valence-electron chi connectivity index (χ3n) is 3.36. The van der Waals surface area contributed by atoms with E-state index in [2.05, 4.69) is 26.1 Å². The average Bonchev–Trinajstić information content (AvgIpc) is 2.46. The molecule has 0 saturated heterocycles. The molecule has 3 N–H and O–H groups in total. The average molecular weight is 337 g/mol. The zero-order chi connectivity index (χ0) is 14.7. The molecule has 1 unspecified atom stereocenters. The van der Waals surface area contributed by atoms with Crippen molar-refractivity contribution < 1.29 is 5.21 Å². The molecule has 0 fully saturated rings. The van der Waals surface area contributed by atoms with E-state index in [4.69, 9.17) is 10.9 Å². The lowest BCUT2D eigenvalue weighted by molar-refractivity contribution is 0.316. The van der Waals surface area contributed by atoms with Crippen molar-refractivity contribution in [2.45, 2.75) is 19.4 Å². The van der Waals surface area contributed by atoms with Gasteiger partial charge < -0.3 is 15.8 Å². The van der Waals surface area contributed by atoms with Crippen molar-refractivity contribution in [2.24, 2.45) is 10.9 Å². The number of fused-ring (bicyclic) bond motifs is 1. The number of oxime groups is 1. The molecule has 106 valence electrons. The summed E-state index contributed by atoms with van der Waals surface area (Å²) in [4.78, 5) is 6.50. The summed E-state index contributed by atoms with van der Waals surface area (Å²) in [6.45, 7) is 2.01. The summed E-state index contributed by atoms with van der Waals surface area (Å²) in [6.07, 6.45) is 2.26. The molecule has 1 aromatic carbocycles. The van der Waals surface area contributed by atoms with E-state index in [1.165, 1.54) is 0 Å². The number of pyridine rings is 1. The fourth-order valence-corrected chi connectivity index (χ4v) is 2.62. The zero-order valence-electron chi connectivity index (χ0n) is 11.4. The van der Waals surface area contributed by atoms with E-state index in [0.717, 1.165) is 21.1 Å². The fraction of sp³-hybridized carbons (Fsp3) is 0.286. The predicted octanol–water partition coefficient (Wildman–Crippen LogP) is 2.96. The second kappa shape index (κ2) is 6.09. The minimum atomic E-state index is 0.0722. The number of rotatable bonds is 4. The summed E-state index contributed by atoms with van der Waals surface area (Å²) in [7, 11) is 1.96. The van der Waals surface area contributed by atoms with E-state index >= 15 is 0 Å².